The maximum absolute atomic E-state index is 13.6. The van der Waals surface area contributed by atoms with Gasteiger partial charge in [-0.1, -0.05) is 12.8 Å². The van der Waals surface area contributed by atoms with Crippen LogP contribution in [0.4, 0.5) is 8.78 Å². The van der Waals surface area contributed by atoms with Crippen LogP contribution in [0.5, 0.6) is 0 Å². The second-order valence-corrected chi connectivity index (χ2v) is 9.39. The van der Waals surface area contributed by atoms with Crippen LogP contribution in [0, 0.1) is 5.92 Å². The smallest absolute Gasteiger partial charge is 0.262 e. The van der Waals surface area contributed by atoms with Crippen molar-refractivity contribution in [1.82, 2.24) is 24.6 Å². The molecule has 3 heterocycles. The van der Waals surface area contributed by atoms with Gasteiger partial charge in [0.15, 0.2) is 5.65 Å². The molecule has 2 aromatic rings. The fraction of sp³-hybridized carbons (Fsp3) is 0.727. The van der Waals surface area contributed by atoms with Gasteiger partial charge in [-0.15, -0.1) is 0 Å². The first-order chi connectivity index (χ1) is 14.9. The lowest BCUT2D eigenvalue weighted by molar-refractivity contribution is -0.136. The topological polar surface area (TPSA) is 83.9 Å². The average molecular weight is 434 g/mol. The van der Waals surface area contributed by atoms with Gasteiger partial charge in [-0.3, -0.25) is 9.59 Å². The molecule has 168 valence electrons. The van der Waals surface area contributed by atoms with E-state index in [4.69, 9.17) is 4.98 Å². The number of carbonyl (C=O) groups is 1. The van der Waals surface area contributed by atoms with Crippen LogP contribution in [0.15, 0.2) is 11.0 Å². The fourth-order valence-corrected chi connectivity index (χ4v) is 5.59. The fourth-order valence-electron chi connectivity index (χ4n) is 5.59. The van der Waals surface area contributed by atoms with Crippen molar-refractivity contribution in [3.63, 3.8) is 0 Å². The molecule has 0 radical (unpaired) electrons. The standard InChI is InChI=1S/C22H29F2N5O2/c23-22(24)9-7-14(8-10-22)29-19-17(13-25-29)20(30)27-18(26-19)15-5-1-2-6-16(15)21(31)28-11-3-4-12-28/h13-16H,1-12H2,(H,26,27,30). The van der Waals surface area contributed by atoms with Gasteiger partial charge >= 0.3 is 0 Å². The van der Waals surface area contributed by atoms with Crippen molar-refractivity contribution in [2.45, 2.75) is 82.1 Å². The zero-order valence-corrected chi connectivity index (χ0v) is 17.7. The number of carbonyl (C=O) groups excluding carboxylic acids is 1. The SMILES string of the molecule is O=C(C1CCCCC1c1nc2c(cnn2C2CCC(F)(F)CC2)c(=O)[nH]1)N1CCCC1. The molecule has 1 saturated heterocycles. The third kappa shape index (κ3) is 3.87. The maximum Gasteiger partial charge on any atom is 0.262 e. The van der Waals surface area contributed by atoms with Gasteiger partial charge in [0.05, 0.1) is 12.2 Å². The molecule has 2 saturated carbocycles. The number of hydrogen-bond acceptors (Lipinski definition) is 4. The molecule has 1 aliphatic heterocycles. The number of amides is 1. The number of halogens is 2. The Labute approximate surface area is 179 Å². The van der Waals surface area contributed by atoms with E-state index in [1.54, 1.807) is 4.68 Å². The first-order valence-corrected chi connectivity index (χ1v) is 11.6. The predicted molar refractivity (Wildman–Crippen MR) is 111 cm³/mol. The van der Waals surface area contributed by atoms with Gasteiger partial charge < -0.3 is 9.88 Å². The highest BCUT2D eigenvalue weighted by molar-refractivity contribution is 5.80. The quantitative estimate of drug-likeness (QED) is 0.799. The van der Waals surface area contributed by atoms with Crippen LogP contribution in [0.2, 0.25) is 0 Å². The van der Waals surface area contributed by atoms with E-state index < -0.39 is 5.92 Å². The highest BCUT2D eigenvalue weighted by Gasteiger charge is 2.38. The summed E-state index contributed by atoms with van der Waals surface area (Å²) < 4.78 is 28.9. The summed E-state index contributed by atoms with van der Waals surface area (Å²) in [5, 5.41) is 4.72. The van der Waals surface area contributed by atoms with Crippen LogP contribution in [0.1, 0.15) is 82.0 Å². The maximum atomic E-state index is 13.6. The molecule has 0 bridgehead atoms. The Morgan fingerprint density at radius 2 is 1.77 bits per heavy atom. The third-order valence-electron chi connectivity index (χ3n) is 7.37. The zero-order valence-electron chi connectivity index (χ0n) is 17.7. The molecule has 0 spiro atoms. The molecule has 2 aromatic heterocycles. The number of hydrogen-bond donors (Lipinski definition) is 1. The summed E-state index contributed by atoms with van der Waals surface area (Å²) in [6.07, 6.45) is 7.45. The second-order valence-electron chi connectivity index (χ2n) is 9.39. The number of nitrogens with one attached hydrogen (secondary N) is 1. The van der Waals surface area contributed by atoms with E-state index in [0.717, 1.165) is 51.6 Å². The summed E-state index contributed by atoms with van der Waals surface area (Å²) in [5.41, 5.74) is 0.178. The number of nitrogens with zero attached hydrogens (tertiary/aromatic N) is 4. The molecule has 5 rings (SSSR count). The van der Waals surface area contributed by atoms with E-state index in [0.29, 0.717) is 29.7 Å². The van der Waals surface area contributed by atoms with E-state index in [-0.39, 0.29) is 42.2 Å². The lowest BCUT2D eigenvalue weighted by atomic mass is 9.78. The Hall–Kier alpha value is -2.32. The highest BCUT2D eigenvalue weighted by Crippen LogP contribution is 2.40. The number of fused-ring (bicyclic) bond motifs is 1. The van der Waals surface area contributed by atoms with Crippen LogP contribution in [-0.4, -0.2) is 49.6 Å². The molecular formula is C22H29F2N5O2. The Morgan fingerprint density at radius 1 is 1.06 bits per heavy atom. The molecule has 0 aromatic carbocycles. The second kappa shape index (κ2) is 7.98. The minimum atomic E-state index is -2.62. The Balaban J connectivity index is 1.48. The van der Waals surface area contributed by atoms with E-state index in [9.17, 15) is 18.4 Å². The van der Waals surface area contributed by atoms with Crippen LogP contribution in [0.25, 0.3) is 11.0 Å². The molecule has 1 amide bonds. The lowest BCUT2D eigenvalue weighted by Gasteiger charge is -2.32. The summed E-state index contributed by atoms with van der Waals surface area (Å²) in [5.74, 6) is -2.21. The molecular weight excluding hydrogens is 404 g/mol. The molecule has 9 heteroatoms. The molecule has 1 N–H and O–H groups in total. The Morgan fingerprint density at radius 3 is 2.52 bits per heavy atom. The van der Waals surface area contributed by atoms with Gasteiger partial charge in [-0.25, -0.2) is 18.4 Å². The molecule has 31 heavy (non-hydrogen) atoms. The van der Waals surface area contributed by atoms with Crippen LogP contribution < -0.4 is 5.56 Å². The summed E-state index contributed by atoms with van der Waals surface area (Å²) in [6.45, 7) is 1.62. The van der Waals surface area contributed by atoms with Crippen molar-refractivity contribution >= 4 is 16.9 Å². The number of H-pyrrole nitrogens is 1. The van der Waals surface area contributed by atoms with E-state index in [1.807, 2.05) is 4.90 Å². The van der Waals surface area contributed by atoms with Crippen molar-refractivity contribution in [3.8, 4) is 0 Å². The van der Waals surface area contributed by atoms with Gasteiger partial charge in [-0.2, -0.15) is 5.10 Å². The molecule has 2 atom stereocenters. The summed E-state index contributed by atoms with van der Waals surface area (Å²) in [4.78, 5) is 35.6. The molecule has 2 aliphatic carbocycles. The molecule has 3 fully saturated rings. The number of aromatic nitrogens is 4. The Bertz CT molecular complexity index is 1020. The van der Waals surface area contributed by atoms with Gasteiger partial charge in [-0.05, 0) is 38.5 Å². The average Bonchev–Trinajstić information content (AvgIpc) is 3.44. The van der Waals surface area contributed by atoms with Crippen molar-refractivity contribution in [3.05, 3.63) is 22.4 Å². The van der Waals surface area contributed by atoms with E-state index >= 15 is 0 Å². The highest BCUT2D eigenvalue weighted by atomic mass is 19.3. The largest absolute Gasteiger partial charge is 0.342 e. The van der Waals surface area contributed by atoms with Crippen molar-refractivity contribution in [1.29, 1.82) is 0 Å². The third-order valence-corrected chi connectivity index (χ3v) is 7.37. The van der Waals surface area contributed by atoms with Crippen molar-refractivity contribution in [2.24, 2.45) is 5.92 Å². The zero-order chi connectivity index (χ0) is 21.6. The van der Waals surface area contributed by atoms with E-state index in [1.165, 1.54) is 6.20 Å². The predicted octanol–water partition coefficient (Wildman–Crippen LogP) is 3.77. The minimum Gasteiger partial charge on any atom is -0.342 e. The van der Waals surface area contributed by atoms with Gasteiger partial charge in [0.2, 0.25) is 11.8 Å². The molecule has 7 nitrogen and oxygen atoms in total. The van der Waals surface area contributed by atoms with Gasteiger partial charge in [0.1, 0.15) is 11.2 Å². The molecule has 3 aliphatic rings. The normalized spacial score (nSPS) is 27.1. The van der Waals surface area contributed by atoms with Gasteiger partial charge in [0, 0.05) is 37.8 Å². The monoisotopic (exact) mass is 433 g/mol. The first-order valence-electron chi connectivity index (χ1n) is 11.6. The summed E-state index contributed by atoms with van der Waals surface area (Å²) in [6, 6.07) is -0.187. The first kappa shape index (κ1) is 20.6. The minimum absolute atomic E-state index is 0.127. The van der Waals surface area contributed by atoms with Crippen LogP contribution in [-0.2, 0) is 4.79 Å². The van der Waals surface area contributed by atoms with Crippen LogP contribution in [0.3, 0.4) is 0 Å². The number of rotatable bonds is 3. The summed E-state index contributed by atoms with van der Waals surface area (Å²) >= 11 is 0. The van der Waals surface area contributed by atoms with Crippen LogP contribution >= 0.6 is 0 Å². The van der Waals surface area contributed by atoms with Crippen molar-refractivity contribution < 1.29 is 13.6 Å². The van der Waals surface area contributed by atoms with Crippen molar-refractivity contribution in [2.75, 3.05) is 13.1 Å². The summed E-state index contributed by atoms with van der Waals surface area (Å²) in [7, 11) is 0. The molecule has 2 unspecified atom stereocenters. The number of likely N-dealkylation sites (tertiary alicyclic amines) is 1. The van der Waals surface area contributed by atoms with E-state index in [2.05, 4.69) is 10.1 Å². The van der Waals surface area contributed by atoms with Gasteiger partial charge in [0.25, 0.3) is 5.56 Å². The number of aromatic amines is 1. The lowest BCUT2D eigenvalue weighted by Crippen LogP contribution is -2.38. The number of alkyl halides is 2. The Kier molecular flexibility index (Phi) is 5.30.